The number of amides is 2. The molecule has 6 nitrogen and oxygen atoms in total. The minimum Gasteiger partial charge on any atom is -0.337 e. The highest BCUT2D eigenvalue weighted by Crippen LogP contribution is 2.21. The first-order chi connectivity index (χ1) is 13.9. The number of benzene rings is 2. The Balaban J connectivity index is 1.55. The van der Waals surface area contributed by atoms with Crippen LogP contribution in [0.2, 0.25) is 0 Å². The fraction of sp³-hybridized carbons (Fsp3) is 0.381. The number of urea groups is 1. The fourth-order valence-electron chi connectivity index (χ4n) is 3.47. The lowest BCUT2D eigenvalue weighted by molar-refractivity contribution is 0.171. The van der Waals surface area contributed by atoms with Crippen molar-refractivity contribution >= 4 is 16.1 Å². The lowest BCUT2D eigenvalue weighted by atomic mass is 9.97. The summed E-state index contributed by atoms with van der Waals surface area (Å²) in [5.41, 5.74) is 1.18. The number of nitrogens with one attached hydrogen (secondary N) is 1. The Morgan fingerprint density at radius 2 is 1.66 bits per heavy atom. The van der Waals surface area contributed by atoms with Crippen molar-refractivity contribution in [3.05, 3.63) is 66.0 Å². The zero-order valence-corrected chi connectivity index (χ0v) is 17.2. The third-order valence-corrected chi connectivity index (χ3v) is 7.18. The lowest BCUT2D eigenvalue weighted by Gasteiger charge is -2.34. The van der Waals surface area contributed by atoms with E-state index in [2.05, 4.69) is 12.2 Å². The number of piperazine rings is 1. The van der Waals surface area contributed by atoms with Gasteiger partial charge in [-0.25, -0.2) is 17.6 Å². The molecule has 2 aromatic rings. The van der Waals surface area contributed by atoms with Crippen molar-refractivity contribution in [1.82, 2.24) is 14.5 Å². The molecule has 1 heterocycles. The molecule has 0 spiro atoms. The van der Waals surface area contributed by atoms with Crippen LogP contribution in [0.15, 0.2) is 59.5 Å². The maximum atomic E-state index is 13.9. The summed E-state index contributed by atoms with van der Waals surface area (Å²) in [6.45, 7) is 3.41. The first-order valence-corrected chi connectivity index (χ1v) is 11.2. The topological polar surface area (TPSA) is 69.7 Å². The second-order valence-corrected chi connectivity index (χ2v) is 8.93. The second-order valence-electron chi connectivity index (χ2n) is 7.02. The predicted molar refractivity (Wildman–Crippen MR) is 110 cm³/mol. The number of rotatable bonds is 6. The Bertz CT molecular complexity index is 929. The second kappa shape index (κ2) is 9.37. The number of sulfonamides is 1. The molecule has 0 saturated carbocycles. The molecule has 0 aliphatic carbocycles. The van der Waals surface area contributed by atoms with Gasteiger partial charge in [0, 0.05) is 38.6 Å². The third kappa shape index (κ3) is 4.94. The molecule has 3 rings (SSSR count). The average Bonchev–Trinajstić information content (AvgIpc) is 2.75. The number of halogens is 1. The molecular weight excluding hydrogens is 393 g/mol. The Morgan fingerprint density at radius 3 is 2.28 bits per heavy atom. The molecule has 1 N–H and O–H groups in total. The Kier molecular flexibility index (Phi) is 6.87. The highest BCUT2D eigenvalue weighted by Gasteiger charge is 2.31. The molecule has 1 atom stereocenters. The van der Waals surface area contributed by atoms with Crippen molar-refractivity contribution in [2.24, 2.45) is 0 Å². The number of hydrogen-bond donors (Lipinski definition) is 1. The summed E-state index contributed by atoms with van der Waals surface area (Å²) in [6, 6.07) is 15.2. The number of hydrogen-bond acceptors (Lipinski definition) is 3. The summed E-state index contributed by atoms with van der Waals surface area (Å²) >= 11 is 0. The van der Waals surface area contributed by atoms with Crippen LogP contribution in [0.5, 0.6) is 0 Å². The smallest absolute Gasteiger partial charge is 0.317 e. The van der Waals surface area contributed by atoms with Crippen molar-refractivity contribution in [3.8, 4) is 0 Å². The van der Waals surface area contributed by atoms with Gasteiger partial charge in [-0.2, -0.15) is 4.31 Å². The molecule has 0 bridgehead atoms. The van der Waals surface area contributed by atoms with Gasteiger partial charge < -0.3 is 10.2 Å². The molecule has 1 saturated heterocycles. The molecule has 1 aliphatic rings. The van der Waals surface area contributed by atoms with E-state index < -0.39 is 15.8 Å². The van der Waals surface area contributed by atoms with Crippen LogP contribution in [0.3, 0.4) is 0 Å². The van der Waals surface area contributed by atoms with Gasteiger partial charge in [-0.15, -0.1) is 0 Å². The Morgan fingerprint density at radius 1 is 1.03 bits per heavy atom. The van der Waals surface area contributed by atoms with Gasteiger partial charge >= 0.3 is 6.03 Å². The molecule has 2 amide bonds. The van der Waals surface area contributed by atoms with E-state index in [4.69, 9.17) is 0 Å². The molecule has 1 aliphatic heterocycles. The van der Waals surface area contributed by atoms with Gasteiger partial charge in [-0.3, -0.25) is 0 Å². The van der Waals surface area contributed by atoms with Gasteiger partial charge in [0.2, 0.25) is 10.0 Å². The Hall–Kier alpha value is -2.45. The molecule has 0 aromatic heterocycles. The maximum absolute atomic E-state index is 13.9. The SMILES string of the molecule is CC[C@H](CNC(=O)N1CCN(S(=O)(=O)c2ccccc2F)CC1)c1ccccc1. The molecular formula is C21H26FN3O3S. The molecule has 1 fully saturated rings. The molecule has 29 heavy (non-hydrogen) atoms. The van der Waals surface area contributed by atoms with Gasteiger partial charge in [0.15, 0.2) is 0 Å². The van der Waals surface area contributed by atoms with Gasteiger partial charge in [-0.1, -0.05) is 49.4 Å². The van der Waals surface area contributed by atoms with E-state index >= 15 is 0 Å². The van der Waals surface area contributed by atoms with E-state index in [1.54, 1.807) is 4.90 Å². The van der Waals surface area contributed by atoms with Gasteiger partial charge in [0.05, 0.1) is 0 Å². The zero-order valence-electron chi connectivity index (χ0n) is 16.4. The normalized spacial score (nSPS) is 16.4. The first kappa shape index (κ1) is 21.3. The van der Waals surface area contributed by atoms with Crippen LogP contribution in [0.1, 0.15) is 24.8 Å². The van der Waals surface area contributed by atoms with E-state index in [-0.39, 0.29) is 43.0 Å². The van der Waals surface area contributed by atoms with E-state index in [0.29, 0.717) is 6.54 Å². The quantitative estimate of drug-likeness (QED) is 0.783. The first-order valence-electron chi connectivity index (χ1n) is 9.76. The van der Waals surface area contributed by atoms with Crippen LogP contribution in [0.25, 0.3) is 0 Å². The van der Waals surface area contributed by atoms with Crippen LogP contribution in [-0.2, 0) is 10.0 Å². The Labute approximate surface area is 171 Å². The van der Waals surface area contributed by atoms with Crippen molar-refractivity contribution < 1.29 is 17.6 Å². The molecule has 8 heteroatoms. The largest absolute Gasteiger partial charge is 0.337 e. The van der Waals surface area contributed by atoms with Gasteiger partial charge in [0.25, 0.3) is 0 Å². The standard InChI is InChI=1S/C21H26FN3O3S/c1-2-17(18-8-4-3-5-9-18)16-23-21(26)24-12-14-25(15-13-24)29(27,28)20-11-7-6-10-19(20)22/h3-11,17H,2,12-16H2,1H3,(H,23,26)/t17-/m1/s1. The van der Waals surface area contributed by atoms with E-state index in [9.17, 15) is 17.6 Å². The van der Waals surface area contributed by atoms with E-state index in [0.717, 1.165) is 12.5 Å². The highest BCUT2D eigenvalue weighted by molar-refractivity contribution is 7.89. The van der Waals surface area contributed by atoms with Crippen molar-refractivity contribution in [2.75, 3.05) is 32.7 Å². The summed E-state index contributed by atoms with van der Waals surface area (Å²) in [5.74, 6) is -0.540. The highest BCUT2D eigenvalue weighted by atomic mass is 32.2. The summed E-state index contributed by atoms with van der Waals surface area (Å²) in [4.78, 5) is 13.8. The number of nitrogens with zero attached hydrogens (tertiary/aromatic N) is 2. The molecule has 0 radical (unpaired) electrons. The van der Waals surface area contributed by atoms with E-state index in [1.165, 1.54) is 28.1 Å². The number of carbonyl (C=O) groups is 1. The lowest BCUT2D eigenvalue weighted by Crippen LogP contribution is -2.53. The average molecular weight is 420 g/mol. The van der Waals surface area contributed by atoms with Crippen LogP contribution < -0.4 is 5.32 Å². The number of carbonyl (C=O) groups excluding carboxylic acids is 1. The fourth-order valence-corrected chi connectivity index (χ4v) is 4.96. The van der Waals surface area contributed by atoms with Crippen molar-refractivity contribution in [1.29, 1.82) is 0 Å². The van der Waals surface area contributed by atoms with Crippen LogP contribution >= 0.6 is 0 Å². The van der Waals surface area contributed by atoms with Crippen molar-refractivity contribution in [3.63, 3.8) is 0 Å². The third-order valence-electron chi connectivity index (χ3n) is 5.24. The monoisotopic (exact) mass is 419 g/mol. The minimum absolute atomic E-state index is 0.139. The summed E-state index contributed by atoms with van der Waals surface area (Å²) in [5, 5.41) is 2.96. The molecule has 156 valence electrons. The van der Waals surface area contributed by atoms with Gasteiger partial charge in [0.1, 0.15) is 10.7 Å². The summed E-state index contributed by atoms with van der Waals surface area (Å²) in [6.07, 6.45) is 0.902. The van der Waals surface area contributed by atoms with Gasteiger partial charge in [-0.05, 0) is 24.1 Å². The van der Waals surface area contributed by atoms with E-state index in [1.807, 2.05) is 30.3 Å². The van der Waals surface area contributed by atoms with Crippen LogP contribution in [0.4, 0.5) is 9.18 Å². The summed E-state index contributed by atoms with van der Waals surface area (Å²) < 4.78 is 40.5. The van der Waals surface area contributed by atoms with Crippen molar-refractivity contribution in [2.45, 2.75) is 24.2 Å². The molecule has 0 unspecified atom stereocenters. The van der Waals surface area contributed by atoms with Crippen LogP contribution in [0, 0.1) is 5.82 Å². The zero-order chi connectivity index (χ0) is 20.9. The minimum atomic E-state index is -3.91. The molecule has 2 aromatic carbocycles. The maximum Gasteiger partial charge on any atom is 0.317 e. The summed E-state index contributed by atoms with van der Waals surface area (Å²) in [7, 11) is -3.91. The predicted octanol–water partition coefficient (Wildman–Crippen LogP) is 3.04. The van der Waals surface area contributed by atoms with Crippen LogP contribution in [-0.4, -0.2) is 56.4 Å².